The molecule has 182 valence electrons. The first-order chi connectivity index (χ1) is 16.0. The van der Waals surface area contributed by atoms with Crippen molar-refractivity contribution < 1.29 is 39.6 Å². The molecule has 0 aromatic heterocycles. The van der Waals surface area contributed by atoms with E-state index in [1.807, 2.05) is 13.8 Å². The number of hydrogen-bond donors (Lipinski definition) is 4. The van der Waals surface area contributed by atoms with Gasteiger partial charge in [-0.15, -0.1) is 0 Å². The predicted molar refractivity (Wildman–Crippen MR) is 124 cm³/mol. The highest BCUT2D eigenvalue weighted by molar-refractivity contribution is 6.00. The number of rotatable bonds is 13. The molecule has 8 nitrogen and oxygen atoms in total. The Hall–Kier alpha value is -3.68. The van der Waals surface area contributed by atoms with Crippen molar-refractivity contribution in [2.45, 2.75) is 63.2 Å². The molecule has 0 radical (unpaired) electrons. The van der Waals surface area contributed by atoms with E-state index in [0.717, 1.165) is 24.0 Å². The largest absolute Gasteiger partial charge is 0.481 e. The zero-order chi connectivity index (χ0) is 25.5. The first kappa shape index (κ1) is 26.6. The highest BCUT2D eigenvalue weighted by Gasteiger charge is 2.65. The quantitative estimate of drug-likeness (QED) is 0.344. The molecule has 0 aliphatic rings. The second-order valence-corrected chi connectivity index (χ2v) is 8.46. The molecular weight excluding hydrogens is 440 g/mol. The van der Waals surface area contributed by atoms with Gasteiger partial charge in [0.25, 0.3) is 0 Å². The van der Waals surface area contributed by atoms with Gasteiger partial charge >= 0.3 is 23.9 Å². The third-order valence-corrected chi connectivity index (χ3v) is 6.26. The summed E-state index contributed by atoms with van der Waals surface area (Å²) >= 11 is 0. The normalized spacial score (nSPS) is 14.5. The van der Waals surface area contributed by atoms with Crippen molar-refractivity contribution in [1.82, 2.24) is 0 Å². The predicted octanol–water partition coefficient (Wildman–Crippen LogP) is 3.89. The molecule has 0 bridgehead atoms. The minimum atomic E-state index is -2.60. The molecule has 0 amide bonds. The Kier molecular flexibility index (Phi) is 8.57. The number of aliphatic carboxylic acids is 4. The standard InChI is InChI=1S/C26H30O8/c1-3-5-17-7-11-19(12-8-17)25(23(31)32,15-21(27)28)26(24(33)34,16-22(29)30)20-13-9-18(6-4-2)10-14-20/h7-14H,3-6,15-16H2,1-2H3,(H,27,28)(H,29,30)(H,31,32)(H,33,34). The molecule has 2 atom stereocenters. The van der Waals surface area contributed by atoms with Crippen molar-refractivity contribution in [1.29, 1.82) is 0 Å². The number of hydrogen-bond acceptors (Lipinski definition) is 4. The Morgan fingerprint density at radius 1 is 0.588 bits per heavy atom. The highest BCUT2D eigenvalue weighted by Crippen LogP contribution is 2.50. The third-order valence-electron chi connectivity index (χ3n) is 6.26. The summed E-state index contributed by atoms with van der Waals surface area (Å²) in [7, 11) is 0. The fraction of sp³-hybridized carbons (Fsp3) is 0.385. The van der Waals surface area contributed by atoms with Gasteiger partial charge in [0.15, 0.2) is 0 Å². The van der Waals surface area contributed by atoms with Crippen LogP contribution in [0.2, 0.25) is 0 Å². The molecule has 2 aromatic rings. The van der Waals surface area contributed by atoms with Crippen LogP contribution in [0.25, 0.3) is 0 Å². The van der Waals surface area contributed by atoms with Gasteiger partial charge < -0.3 is 20.4 Å². The van der Waals surface area contributed by atoms with E-state index in [4.69, 9.17) is 0 Å². The number of carboxylic acids is 4. The van der Waals surface area contributed by atoms with E-state index in [2.05, 4.69) is 0 Å². The second kappa shape index (κ2) is 11.0. The van der Waals surface area contributed by atoms with Gasteiger partial charge in [0.1, 0.15) is 10.8 Å². The molecular formula is C26H30O8. The molecule has 0 heterocycles. The van der Waals surface area contributed by atoms with Crippen LogP contribution in [-0.4, -0.2) is 44.3 Å². The van der Waals surface area contributed by atoms with Gasteiger partial charge in [0.05, 0.1) is 12.8 Å². The van der Waals surface area contributed by atoms with Gasteiger partial charge in [0.2, 0.25) is 0 Å². The van der Waals surface area contributed by atoms with E-state index in [-0.39, 0.29) is 11.1 Å². The van der Waals surface area contributed by atoms with Crippen molar-refractivity contribution in [3.05, 3.63) is 70.8 Å². The molecule has 0 spiro atoms. The van der Waals surface area contributed by atoms with Crippen LogP contribution in [-0.2, 0) is 42.8 Å². The summed E-state index contributed by atoms with van der Waals surface area (Å²) in [5.41, 5.74) is -3.62. The summed E-state index contributed by atoms with van der Waals surface area (Å²) in [5, 5.41) is 40.4. The van der Waals surface area contributed by atoms with E-state index in [9.17, 15) is 39.6 Å². The maximum absolute atomic E-state index is 12.9. The van der Waals surface area contributed by atoms with Crippen molar-refractivity contribution in [2.75, 3.05) is 0 Å². The fourth-order valence-electron chi connectivity index (χ4n) is 4.70. The van der Waals surface area contributed by atoms with Crippen LogP contribution in [0.15, 0.2) is 48.5 Å². The van der Waals surface area contributed by atoms with E-state index < -0.39 is 47.5 Å². The highest BCUT2D eigenvalue weighted by atomic mass is 16.4. The van der Waals surface area contributed by atoms with Gasteiger partial charge in [0, 0.05) is 0 Å². The van der Waals surface area contributed by atoms with Crippen molar-refractivity contribution in [3.8, 4) is 0 Å². The molecule has 0 aliphatic heterocycles. The maximum atomic E-state index is 12.9. The van der Waals surface area contributed by atoms with Gasteiger partial charge in [-0.05, 0) is 35.1 Å². The molecule has 0 saturated carbocycles. The molecule has 0 aliphatic carbocycles. The van der Waals surface area contributed by atoms with Crippen LogP contribution in [0.4, 0.5) is 0 Å². The summed E-state index contributed by atoms with van der Waals surface area (Å²) in [6, 6.07) is 12.1. The van der Waals surface area contributed by atoms with E-state index in [1.54, 1.807) is 24.3 Å². The Bertz CT molecular complexity index is 956. The van der Waals surface area contributed by atoms with Crippen LogP contribution in [0.1, 0.15) is 61.8 Å². The van der Waals surface area contributed by atoms with Crippen molar-refractivity contribution in [2.24, 2.45) is 0 Å². The van der Waals surface area contributed by atoms with Crippen LogP contribution in [0.5, 0.6) is 0 Å². The fourth-order valence-corrected chi connectivity index (χ4v) is 4.70. The van der Waals surface area contributed by atoms with E-state index in [0.29, 0.717) is 12.8 Å². The topological polar surface area (TPSA) is 149 Å². The Balaban J connectivity index is 2.97. The molecule has 2 aromatic carbocycles. The Labute approximate surface area is 197 Å². The lowest BCUT2D eigenvalue weighted by Crippen LogP contribution is -2.60. The van der Waals surface area contributed by atoms with Crippen LogP contribution in [0.3, 0.4) is 0 Å². The average molecular weight is 471 g/mol. The number of carbonyl (C=O) groups is 4. The maximum Gasteiger partial charge on any atom is 0.316 e. The summed E-state index contributed by atoms with van der Waals surface area (Å²) in [6.07, 6.45) is 0.785. The molecule has 8 heteroatoms. The Morgan fingerprint density at radius 2 is 0.882 bits per heavy atom. The second-order valence-electron chi connectivity index (χ2n) is 8.46. The molecule has 34 heavy (non-hydrogen) atoms. The summed E-state index contributed by atoms with van der Waals surface area (Å²) in [6.45, 7) is 3.93. The van der Waals surface area contributed by atoms with Gasteiger partial charge in [-0.3, -0.25) is 19.2 Å². The Morgan fingerprint density at radius 3 is 1.09 bits per heavy atom. The van der Waals surface area contributed by atoms with Crippen molar-refractivity contribution >= 4 is 23.9 Å². The molecule has 0 fully saturated rings. The number of aryl methyl sites for hydroxylation is 2. The first-order valence-electron chi connectivity index (χ1n) is 11.1. The van der Waals surface area contributed by atoms with Crippen LogP contribution >= 0.6 is 0 Å². The van der Waals surface area contributed by atoms with E-state index >= 15 is 0 Å². The van der Waals surface area contributed by atoms with Gasteiger partial charge in [-0.2, -0.15) is 0 Å². The third kappa shape index (κ3) is 4.95. The summed E-state index contributed by atoms with van der Waals surface area (Å²) in [5.74, 6) is -6.56. The minimum Gasteiger partial charge on any atom is -0.481 e. The zero-order valence-corrected chi connectivity index (χ0v) is 19.3. The average Bonchev–Trinajstić information content (AvgIpc) is 2.77. The van der Waals surface area contributed by atoms with Gasteiger partial charge in [-0.1, -0.05) is 75.2 Å². The van der Waals surface area contributed by atoms with Crippen molar-refractivity contribution in [3.63, 3.8) is 0 Å². The molecule has 4 N–H and O–H groups in total. The zero-order valence-electron chi connectivity index (χ0n) is 19.3. The summed E-state index contributed by atoms with van der Waals surface area (Å²) < 4.78 is 0. The lowest BCUT2D eigenvalue weighted by molar-refractivity contribution is -0.166. The minimum absolute atomic E-state index is 0.0801. The monoisotopic (exact) mass is 470 g/mol. The van der Waals surface area contributed by atoms with Crippen LogP contribution < -0.4 is 0 Å². The SMILES string of the molecule is CCCc1ccc(C(CC(=O)O)(C(=O)O)C(CC(=O)O)(C(=O)O)c2ccc(CCC)cc2)cc1. The molecule has 0 saturated heterocycles. The molecule has 2 rings (SSSR count). The first-order valence-corrected chi connectivity index (χ1v) is 11.1. The molecule has 2 unspecified atom stereocenters. The van der Waals surface area contributed by atoms with E-state index in [1.165, 1.54) is 24.3 Å². The smallest absolute Gasteiger partial charge is 0.316 e. The lowest BCUT2D eigenvalue weighted by Gasteiger charge is -2.44. The number of benzene rings is 2. The lowest BCUT2D eigenvalue weighted by atomic mass is 9.53. The number of carboxylic acid groups (broad SMARTS) is 4. The summed E-state index contributed by atoms with van der Waals surface area (Å²) in [4.78, 5) is 49.8. The van der Waals surface area contributed by atoms with Crippen LogP contribution in [0, 0.1) is 0 Å². The van der Waals surface area contributed by atoms with Gasteiger partial charge in [-0.25, -0.2) is 0 Å².